The molecule has 0 aliphatic heterocycles. The summed E-state index contributed by atoms with van der Waals surface area (Å²) in [5, 5.41) is 11.5. The minimum atomic E-state index is -1.05. The lowest BCUT2D eigenvalue weighted by molar-refractivity contribution is 0.582. The first-order valence-corrected chi connectivity index (χ1v) is 11.4. The van der Waals surface area contributed by atoms with Gasteiger partial charge in [-0.25, -0.2) is 9.97 Å². The first kappa shape index (κ1) is 21.9. The molecule has 1 unspecified atom stereocenters. The van der Waals surface area contributed by atoms with Crippen LogP contribution in [0, 0.1) is 0 Å². The summed E-state index contributed by atoms with van der Waals surface area (Å²) >= 11 is -1.05. The SMILES string of the molecule is CNCc1cccc(-c2nnc(-c3nc(-c4ccc([S+]([O-])C(C)C)cc4)cnc3N)o2)c1. The quantitative estimate of drug-likeness (QED) is 0.410. The van der Waals surface area contributed by atoms with Crippen molar-refractivity contribution in [2.45, 2.75) is 30.5 Å². The van der Waals surface area contributed by atoms with Gasteiger partial charge in [0.05, 0.1) is 11.9 Å². The predicted octanol–water partition coefficient (Wildman–Crippen LogP) is 3.68. The van der Waals surface area contributed by atoms with Crippen molar-refractivity contribution in [1.82, 2.24) is 25.5 Å². The number of hydrogen-bond acceptors (Lipinski definition) is 8. The molecule has 0 fully saturated rings. The third kappa shape index (κ3) is 4.64. The normalized spacial score (nSPS) is 12.3. The molecule has 0 aliphatic carbocycles. The van der Waals surface area contributed by atoms with Crippen LogP contribution in [0.3, 0.4) is 0 Å². The maximum atomic E-state index is 12.3. The molecule has 0 aliphatic rings. The molecular formula is C23H24N6O2S. The van der Waals surface area contributed by atoms with Gasteiger partial charge in [-0.3, -0.25) is 0 Å². The Morgan fingerprint density at radius 2 is 1.81 bits per heavy atom. The minimum Gasteiger partial charge on any atom is -0.611 e. The topological polar surface area (TPSA) is 126 Å². The van der Waals surface area contributed by atoms with Crippen LogP contribution >= 0.6 is 0 Å². The Balaban J connectivity index is 1.63. The van der Waals surface area contributed by atoms with Crippen LogP contribution in [-0.4, -0.2) is 37.0 Å². The Bertz CT molecular complexity index is 1210. The highest BCUT2D eigenvalue weighted by molar-refractivity contribution is 7.92. The summed E-state index contributed by atoms with van der Waals surface area (Å²) in [4.78, 5) is 9.64. The van der Waals surface area contributed by atoms with E-state index >= 15 is 0 Å². The lowest BCUT2D eigenvalue weighted by Gasteiger charge is -2.14. The summed E-state index contributed by atoms with van der Waals surface area (Å²) in [7, 11) is 1.89. The van der Waals surface area contributed by atoms with Gasteiger partial charge in [-0.1, -0.05) is 12.1 Å². The summed E-state index contributed by atoms with van der Waals surface area (Å²) in [5.74, 6) is 0.777. The minimum absolute atomic E-state index is 0.0504. The van der Waals surface area contributed by atoms with Crippen molar-refractivity contribution in [1.29, 1.82) is 0 Å². The van der Waals surface area contributed by atoms with Gasteiger partial charge in [0, 0.05) is 17.7 Å². The van der Waals surface area contributed by atoms with Crippen LogP contribution in [-0.2, 0) is 17.7 Å². The van der Waals surface area contributed by atoms with Crippen LogP contribution in [0.5, 0.6) is 0 Å². The number of benzene rings is 2. The Hall–Kier alpha value is -3.27. The van der Waals surface area contributed by atoms with Crippen molar-refractivity contribution in [2.75, 3.05) is 12.8 Å². The number of anilines is 1. The number of nitrogens with two attached hydrogens (primary N) is 1. The first-order valence-electron chi connectivity index (χ1n) is 10.2. The number of aromatic nitrogens is 4. The number of rotatable bonds is 7. The number of nitrogen functional groups attached to an aromatic ring is 1. The van der Waals surface area contributed by atoms with Gasteiger partial charge in [-0.15, -0.1) is 10.2 Å². The molecular weight excluding hydrogens is 424 g/mol. The second kappa shape index (κ2) is 9.47. The van der Waals surface area contributed by atoms with Gasteiger partial charge in [0.15, 0.2) is 16.4 Å². The molecule has 2 aromatic heterocycles. The van der Waals surface area contributed by atoms with E-state index in [4.69, 9.17) is 10.2 Å². The zero-order valence-electron chi connectivity index (χ0n) is 18.1. The molecule has 32 heavy (non-hydrogen) atoms. The number of nitrogens with one attached hydrogen (secondary N) is 1. The van der Waals surface area contributed by atoms with E-state index in [-0.39, 0.29) is 17.0 Å². The molecule has 1 atom stereocenters. The lowest BCUT2D eigenvalue weighted by Crippen LogP contribution is -2.13. The second-order valence-corrected chi connectivity index (χ2v) is 9.51. The van der Waals surface area contributed by atoms with Gasteiger partial charge < -0.3 is 20.0 Å². The molecule has 0 saturated carbocycles. The Labute approximate surface area is 189 Å². The first-order chi connectivity index (χ1) is 15.5. The highest BCUT2D eigenvalue weighted by atomic mass is 32.2. The molecule has 164 valence electrons. The van der Waals surface area contributed by atoms with Crippen molar-refractivity contribution < 1.29 is 8.97 Å². The maximum absolute atomic E-state index is 12.3. The van der Waals surface area contributed by atoms with Gasteiger partial charge in [-0.05, 0) is 74.0 Å². The smallest absolute Gasteiger partial charge is 0.270 e. The summed E-state index contributed by atoms with van der Waals surface area (Å²) in [6.45, 7) is 4.59. The summed E-state index contributed by atoms with van der Waals surface area (Å²) in [5.41, 5.74) is 9.72. The predicted molar refractivity (Wildman–Crippen MR) is 125 cm³/mol. The highest BCUT2D eigenvalue weighted by Crippen LogP contribution is 2.29. The van der Waals surface area contributed by atoms with E-state index in [0.29, 0.717) is 17.3 Å². The van der Waals surface area contributed by atoms with Crippen LogP contribution in [0.15, 0.2) is 64.0 Å². The molecule has 0 bridgehead atoms. The van der Waals surface area contributed by atoms with Gasteiger partial charge in [0.2, 0.25) is 5.89 Å². The van der Waals surface area contributed by atoms with Crippen LogP contribution < -0.4 is 11.1 Å². The van der Waals surface area contributed by atoms with E-state index in [9.17, 15) is 4.55 Å². The third-order valence-electron chi connectivity index (χ3n) is 4.79. The maximum Gasteiger partial charge on any atom is 0.270 e. The summed E-state index contributed by atoms with van der Waals surface area (Å²) < 4.78 is 18.2. The fourth-order valence-electron chi connectivity index (χ4n) is 3.18. The van der Waals surface area contributed by atoms with Crippen LogP contribution in [0.4, 0.5) is 5.82 Å². The third-order valence-corrected chi connectivity index (χ3v) is 6.39. The fraction of sp³-hybridized carbons (Fsp3) is 0.217. The van der Waals surface area contributed by atoms with Crippen LogP contribution in [0.1, 0.15) is 19.4 Å². The molecule has 0 amide bonds. The standard InChI is InChI=1S/C23H24N6O2S/c1-14(2)32(30)18-9-7-16(8-10-18)19-13-26-21(24)20(27-19)23-29-28-22(31-23)17-6-4-5-15(11-17)12-25-3/h4-11,13-14,25H,12H2,1-3H3,(H2,24,26). The van der Waals surface area contributed by atoms with E-state index in [1.807, 2.05) is 69.4 Å². The summed E-state index contributed by atoms with van der Waals surface area (Å²) in [6, 6.07) is 15.3. The van der Waals surface area contributed by atoms with Crippen LogP contribution in [0.2, 0.25) is 0 Å². The van der Waals surface area contributed by atoms with Gasteiger partial charge in [0.1, 0.15) is 5.25 Å². The molecule has 2 heterocycles. The van der Waals surface area contributed by atoms with Crippen molar-refractivity contribution in [3.8, 4) is 34.3 Å². The Morgan fingerprint density at radius 3 is 2.53 bits per heavy atom. The zero-order chi connectivity index (χ0) is 22.7. The van der Waals surface area contributed by atoms with Crippen molar-refractivity contribution in [2.24, 2.45) is 0 Å². The van der Waals surface area contributed by atoms with Crippen LogP contribution in [0.25, 0.3) is 34.3 Å². The Morgan fingerprint density at radius 1 is 1.06 bits per heavy atom. The van der Waals surface area contributed by atoms with Crippen molar-refractivity contribution in [3.63, 3.8) is 0 Å². The lowest BCUT2D eigenvalue weighted by atomic mass is 10.1. The summed E-state index contributed by atoms with van der Waals surface area (Å²) in [6.07, 6.45) is 1.59. The molecule has 4 rings (SSSR count). The fourth-order valence-corrected chi connectivity index (χ4v) is 4.13. The Kier molecular flexibility index (Phi) is 6.50. The molecule has 8 nitrogen and oxygen atoms in total. The van der Waals surface area contributed by atoms with E-state index in [1.165, 1.54) is 0 Å². The molecule has 9 heteroatoms. The second-order valence-electron chi connectivity index (χ2n) is 7.50. The molecule has 0 radical (unpaired) electrons. The van der Waals surface area contributed by atoms with Crippen molar-refractivity contribution in [3.05, 3.63) is 60.3 Å². The van der Waals surface area contributed by atoms with Gasteiger partial charge in [-0.2, -0.15) is 0 Å². The molecule has 3 N–H and O–H groups in total. The van der Waals surface area contributed by atoms with Gasteiger partial charge in [0.25, 0.3) is 5.89 Å². The van der Waals surface area contributed by atoms with E-state index in [1.54, 1.807) is 6.20 Å². The molecule has 0 spiro atoms. The monoisotopic (exact) mass is 448 g/mol. The molecule has 2 aromatic carbocycles. The average Bonchev–Trinajstić information content (AvgIpc) is 3.29. The van der Waals surface area contributed by atoms with Gasteiger partial charge >= 0.3 is 0 Å². The number of hydrogen-bond donors (Lipinski definition) is 2. The number of nitrogens with zero attached hydrogens (tertiary/aromatic N) is 4. The molecule has 4 aromatic rings. The zero-order valence-corrected chi connectivity index (χ0v) is 18.9. The van der Waals surface area contributed by atoms with E-state index < -0.39 is 11.2 Å². The largest absolute Gasteiger partial charge is 0.611 e. The average molecular weight is 449 g/mol. The van der Waals surface area contributed by atoms with E-state index in [2.05, 4.69) is 25.5 Å². The molecule has 0 saturated heterocycles. The van der Waals surface area contributed by atoms with E-state index in [0.717, 1.165) is 28.1 Å². The highest BCUT2D eigenvalue weighted by Gasteiger charge is 2.18. The van der Waals surface area contributed by atoms with Crippen molar-refractivity contribution >= 4 is 17.0 Å².